The number of hydrogen-bond acceptors (Lipinski definition) is 2. The highest BCUT2D eigenvalue weighted by Crippen LogP contribution is 2.17. The van der Waals surface area contributed by atoms with Gasteiger partial charge in [0.25, 0.3) is 5.91 Å². The summed E-state index contributed by atoms with van der Waals surface area (Å²) < 4.78 is 18.8. The Bertz CT molecular complexity index is 863. The second-order valence-electron chi connectivity index (χ2n) is 6.01. The van der Waals surface area contributed by atoms with Gasteiger partial charge in [-0.15, -0.1) is 0 Å². The largest absolute Gasteiger partial charge is 0.489 e. The zero-order valence-corrected chi connectivity index (χ0v) is 14.5. The molecule has 1 N–H and O–H groups in total. The van der Waals surface area contributed by atoms with E-state index in [4.69, 9.17) is 4.74 Å². The highest BCUT2D eigenvalue weighted by Gasteiger charge is 2.15. The number of benzene rings is 3. The average Bonchev–Trinajstić information content (AvgIpc) is 2.68. The lowest BCUT2D eigenvalue weighted by molar-refractivity contribution is 0.0937. The first-order valence-corrected chi connectivity index (χ1v) is 8.45. The number of amides is 1. The highest BCUT2D eigenvalue weighted by atomic mass is 19.1. The van der Waals surface area contributed by atoms with E-state index in [-0.39, 0.29) is 17.8 Å². The Balaban J connectivity index is 1.70. The van der Waals surface area contributed by atoms with Crippen LogP contribution in [0.4, 0.5) is 4.39 Å². The van der Waals surface area contributed by atoms with Gasteiger partial charge in [-0.2, -0.15) is 0 Å². The Morgan fingerprint density at radius 3 is 2.35 bits per heavy atom. The molecule has 0 spiro atoms. The van der Waals surface area contributed by atoms with Crippen LogP contribution in [0.1, 0.15) is 34.5 Å². The Morgan fingerprint density at radius 2 is 1.62 bits per heavy atom. The van der Waals surface area contributed by atoms with Gasteiger partial charge in [0.15, 0.2) is 0 Å². The van der Waals surface area contributed by atoms with Crippen LogP contribution in [0.2, 0.25) is 0 Å². The van der Waals surface area contributed by atoms with Crippen LogP contribution in [0.25, 0.3) is 0 Å². The molecule has 1 unspecified atom stereocenters. The predicted octanol–water partition coefficient (Wildman–Crippen LogP) is 4.90. The SMILES string of the molecule is CC(NC(=O)c1ccccc1COc1ccccc1)c1ccc(F)cc1. The molecule has 0 saturated heterocycles. The predicted molar refractivity (Wildman–Crippen MR) is 99.5 cm³/mol. The fraction of sp³-hybridized carbons (Fsp3) is 0.136. The molecule has 1 atom stereocenters. The van der Waals surface area contributed by atoms with Gasteiger partial charge in [-0.25, -0.2) is 4.39 Å². The summed E-state index contributed by atoms with van der Waals surface area (Å²) in [4.78, 5) is 12.7. The lowest BCUT2D eigenvalue weighted by Crippen LogP contribution is -2.27. The summed E-state index contributed by atoms with van der Waals surface area (Å²) in [5.41, 5.74) is 2.22. The minimum absolute atomic E-state index is 0.186. The standard InChI is InChI=1S/C22H20FNO2/c1-16(17-11-13-19(23)14-12-17)24-22(25)21-10-6-5-7-18(21)15-26-20-8-3-2-4-9-20/h2-14,16H,15H2,1H3,(H,24,25). The molecule has 0 aromatic heterocycles. The van der Waals surface area contributed by atoms with Gasteiger partial charge in [-0.1, -0.05) is 48.5 Å². The molecule has 0 radical (unpaired) electrons. The zero-order chi connectivity index (χ0) is 18.4. The Hall–Kier alpha value is -3.14. The van der Waals surface area contributed by atoms with Crippen LogP contribution in [-0.2, 0) is 6.61 Å². The van der Waals surface area contributed by atoms with Gasteiger partial charge < -0.3 is 10.1 Å². The fourth-order valence-electron chi connectivity index (χ4n) is 2.65. The third kappa shape index (κ3) is 4.48. The minimum Gasteiger partial charge on any atom is -0.489 e. The minimum atomic E-state index is -0.296. The van der Waals surface area contributed by atoms with Crippen molar-refractivity contribution in [3.63, 3.8) is 0 Å². The van der Waals surface area contributed by atoms with E-state index in [0.717, 1.165) is 16.9 Å². The summed E-state index contributed by atoms with van der Waals surface area (Å²) in [6.07, 6.45) is 0. The molecule has 4 heteroatoms. The van der Waals surface area contributed by atoms with E-state index in [1.165, 1.54) is 12.1 Å². The molecule has 0 saturated carbocycles. The van der Waals surface area contributed by atoms with Gasteiger partial charge in [-0.3, -0.25) is 4.79 Å². The van der Waals surface area contributed by atoms with Crippen molar-refractivity contribution in [1.29, 1.82) is 0 Å². The lowest BCUT2D eigenvalue weighted by atomic mass is 10.1. The first-order chi connectivity index (χ1) is 12.6. The Kier molecular flexibility index (Phi) is 5.64. The molecular formula is C22H20FNO2. The van der Waals surface area contributed by atoms with Crippen molar-refractivity contribution >= 4 is 5.91 Å². The number of ether oxygens (including phenoxy) is 1. The Labute approximate surface area is 152 Å². The van der Waals surface area contributed by atoms with Crippen molar-refractivity contribution in [1.82, 2.24) is 5.32 Å². The topological polar surface area (TPSA) is 38.3 Å². The highest BCUT2D eigenvalue weighted by molar-refractivity contribution is 5.95. The maximum atomic E-state index is 13.1. The number of nitrogens with one attached hydrogen (secondary N) is 1. The average molecular weight is 349 g/mol. The molecule has 0 bridgehead atoms. The Morgan fingerprint density at radius 1 is 0.962 bits per heavy atom. The van der Waals surface area contributed by atoms with Crippen LogP contribution in [0.3, 0.4) is 0 Å². The van der Waals surface area contributed by atoms with Crippen LogP contribution in [0.5, 0.6) is 5.75 Å². The number of halogens is 1. The van der Waals surface area contributed by atoms with Crippen LogP contribution in [0.15, 0.2) is 78.9 Å². The second-order valence-corrected chi connectivity index (χ2v) is 6.01. The number of hydrogen-bond donors (Lipinski definition) is 1. The third-order valence-electron chi connectivity index (χ3n) is 4.12. The van der Waals surface area contributed by atoms with Gasteiger partial charge in [0.1, 0.15) is 18.2 Å². The molecule has 0 fully saturated rings. The van der Waals surface area contributed by atoms with Gasteiger partial charge in [0.05, 0.1) is 6.04 Å². The molecule has 132 valence electrons. The second kappa shape index (κ2) is 8.30. The number of carbonyl (C=O) groups excluding carboxylic acids is 1. The van der Waals surface area contributed by atoms with Gasteiger partial charge in [0.2, 0.25) is 0 Å². The number of carbonyl (C=O) groups is 1. The van der Waals surface area contributed by atoms with Crippen molar-refractivity contribution in [3.05, 3.63) is 101 Å². The molecule has 3 aromatic rings. The van der Waals surface area contributed by atoms with Gasteiger partial charge in [-0.05, 0) is 42.8 Å². The van der Waals surface area contributed by atoms with Crippen LogP contribution < -0.4 is 10.1 Å². The lowest BCUT2D eigenvalue weighted by Gasteiger charge is -2.16. The fourth-order valence-corrected chi connectivity index (χ4v) is 2.65. The summed E-state index contributed by atoms with van der Waals surface area (Å²) in [5, 5.41) is 2.95. The normalized spacial score (nSPS) is 11.6. The van der Waals surface area contributed by atoms with E-state index >= 15 is 0 Å². The maximum Gasteiger partial charge on any atom is 0.252 e. The van der Waals surface area contributed by atoms with Crippen molar-refractivity contribution in [3.8, 4) is 5.75 Å². The summed E-state index contributed by atoms with van der Waals surface area (Å²) in [5.74, 6) is 0.271. The third-order valence-corrected chi connectivity index (χ3v) is 4.12. The molecule has 3 aromatic carbocycles. The van der Waals surface area contributed by atoms with E-state index in [2.05, 4.69) is 5.32 Å². The van der Waals surface area contributed by atoms with E-state index in [9.17, 15) is 9.18 Å². The molecule has 0 aliphatic rings. The van der Waals surface area contributed by atoms with Crippen molar-refractivity contribution in [2.75, 3.05) is 0 Å². The number of rotatable bonds is 6. The van der Waals surface area contributed by atoms with Crippen LogP contribution in [-0.4, -0.2) is 5.91 Å². The van der Waals surface area contributed by atoms with Crippen LogP contribution >= 0.6 is 0 Å². The first kappa shape index (κ1) is 17.7. The summed E-state index contributed by atoms with van der Waals surface area (Å²) in [7, 11) is 0. The van der Waals surface area contributed by atoms with Crippen LogP contribution in [0, 0.1) is 5.82 Å². The van der Waals surface area contributed by atoms with Crippen molar-refractivity contribution in [2.45, 2.75) is 19.6 Å². The molecule has 0 heterocycles. The van der Waals surface area contributed by atoms with E-state index in [0.29, 0.717) is 12.2 Å². The number of para-hydroxylation sites is 1. The summed E-state index contributed by atoms with van der Waals surface area (Å²) in [6, 6.07) is 22.7. The molecule has 3 nitrogen and oxygen atoms in total. The van der Waals surface area contributed by atoms with E-state index in [1.807, 2.05) is 55.5 Å². The van der Waals surface area contributed by atoms with E-state index in [1.54, 1.807) is 18.2 Å². The maximum absolute atomic E-state index is 13.1. The van der Waals surface area contributed by atoms with E-state index < -0.39 is 0 Å². The molecule has 0 aliphatic heterocycles. The van der Waals surface area contributed by atoms with Crippen molar-refractivity contribution < 1.29 is 13.9 Å². The van der Waals surface area contributed by atoms with Crippen molar-refractivity contribution in [2.24, 2.45) is 0 Å². The first-order valence-electron chi connectivity index (χ1n) is 8.45. The molecular weight excluding hydrogens is 329 g/mol. The molecule has 3 rings (SSSR count). The molecule has 1 amide bonds. The smallest absolute Gasteiger partial charge is 0.252 e. The molecule has 26 heavy (non-hydrogen) atoms. The summed E-state index contributed by atoms with van der Waals surface area (Å²) >= 11 is 0. The van der Waals surface area contributed by atoms with Gasteiger partial charge >= 0.3 is 0 Å². The van der Waals surface area contributed by atoms with Gasteiger partial charge in [0, 0.05) is 11.1 Å². The molecule has 0 aliphatic carbocycles. The zero-order valence-electron chi connectivity index (χ0n) is 14.5. The quantitative estimate of drug-likeness (QED) is 0.688. The monoisotopic (exact) mass is 349 g/mol. The summed E-state index contributed by atoms with van der Waals surface area (Å²) in [6.45, 7) is 2.17.